The van der Waals surface area contributed by atoms with E-state index in [1.807, 2.05) is 0 Å². The van der Waals surface area contributed by atoms with Crippen LogP contribution in [0.1, 0.15) is 27.6 Å². The number of hydrogen-bond donors (Lipinski definition) is 1. The highest BCUT2D eigenvalue weighted by molar-refractivity contribution is 9.10. The van der Waals surface area contributed by atoms with Gasteiger partial charge in [-0.05, 0) is 35.0 Å². The van der Waals surface area contributed by atoms with E-state index in [-0.39, 0.29) is 28.0 Å². The minimum absolute atomic E-state index is 0.0927. The quantitative estimate of drug-likeness (QED) is 0.866. The molecular weight excluding hydrogens is 292 g/mol. The molecule has 0 spiro atoms. The molecule has 0 bridgehead atoms. The van der Waals surface area contributed by atoms with Crippen LogP contribution >= 0.6 is 15.9 Å². The van der Waals surface area contributed by atoms with Crippen molar-refractivity contribution in [1.82, 2.24) is 0 Å². The fourth-order valence-electron chi connectivity index (χ4n) is 1.20. The number of phenolic OH excluding ortho intramolecular Hbond substituents is 1. The number of benzene rings is 1. The molecule has 0 aromatic heterocycles. The highest BCUT2D eigenvalue weighted by atomic mass is 79.9. The molecule has 0 aliphatic carbocycles. The van der Waals surface area contributed by atoms with Crippen molar-refractivity contribution >= 4 is 27.9 Å². The third-order valence-electron chi connectivity index (χ3n) is 1.98. The Kier molecular flexibility index (Phi) is 4.51. The van der Waals surface area contributed by atoms with E-state index < -0.39 is 11.9 Å². The van der Waals surface area contributed by atoms with Gasteiger partial charge >= 0.3 is 11.9 Å². The van der Waals surface area contributed by atoms with Crippen molar-refractivity contribution in [3.8, 4) is 5.75 Å². The number of phenols is 1. The summed E-state index contributed by atoms with van der Waals surface area (Å²) in [5.41, 5.74) is 0.0712. The molecule has 1 aromatic rings. The molecule has 5 nitrogen and oxygen atoms in total. The van der Waals surface area contributed by atoms with Gasteiger partial charge in [0.15, 0.2) is 0 Å². The fraction of sp³-hybridized carbons (Fsp3) is 0.273. The first-order chi connectivity index (χ1) is 8.01. The topological polar surface area (TPSA) is 72.8 Å². The van der Waals surface area contributed by atoms with E-state index >= 15 is 0 Å². The molecule has 0 aliphatic heterocycles. The van der Waals surface area contributed by atoms with Crippen LogP contribution in [-0.2, 0) is 9.47 Å². The molecule has 0 aliphatic rings. The van der Waals surface area contributed by atoms with Crippen molar-refractivity contribution in [2.45, 2.75) is 6.92 Å². The van der Waals surface area contributed by atoms with E-state index in [2.05, 4.69) is 20.7 Å². The summed E-state index contributed by atoms with van der Waals surface area (Å²) in [6, 6.07) is 2.60. The summed E-state index contributed by atoms with van der Waals surface area (Å²) < 4.78 is 9.52. The minimum atomic E-state index is -0.727. The molecule has 0 radical (unpaired) electrons. The Bertz CT molecular complexity index is 455. The standard InChI is InChI=1S/C11H11BrO5/c1-3-17-10(14)6-4-7(11(15)16-2)9(13)8(12)5-6/h4-5,13H,3H2,1-2H3. The normalized spacial score (nSPS) is 9.82. The molecule has 0 unspecified atom stereocenters. The lowest BCUT2D eigenvalue weighted by Gasteiger charge is -2.08. The Hall–Kier alpha value is -1.56. The molecule has 0 saturated carbocycles. The molecule has 17 heavy (non-hydrogen) atoms. The number of aromatic hydroxyl groups is 1. The van der Waals surface area contributed by atoms with Gasteiger partial charge in [-0.3, -0.25) is 0 Å². The molecule has 6 heteroatoms. The lowest BCUT2D eigenvalue weighted by atomic mass is 10.1. The highest BCUT2D eigenvalue weighted by Gasteiger charge is 2.19. The lowest BCUT2D eigenvalue weighted by Crippen LogP contribution is -2.08. The monoisotopic (exact) mass is 302 g/mol. The van der Waals surface area contributed by atoms with Crippen LogP contribution in [0.3, 0.4) is 0 Å². The molecule has 0 fully saturated rings. The molecule has 1 N–H and O–H groups in total. The number of methoxy groups -OCH3 is 1. The second-order valence-corrected chi connectivity index (χ2v) is 3.92. The first-order valence-corrected chi connectivity index (χ1v) is 5.58. The van der Waals surface area contributed by atoms with Crippen molar-refractivity contribution in [3.05, 3.63) is 27.7 Å². The molecule has 92 valence electrons. The van der Waals surface area contributed by atoms with Crippen LogP contribution in [0.25, 0.3) is 0 Å². The smallest absolute Gasteiger partial charge is 0.341 e. The average Bonchev–Trinajstić information content (AvgIpc) is 2.31. The van der Waals surface area contributed by atoms with E-state index in [0.717, 1.165) is 0 Å². The number of hydrogen-bond acceptors (Lipinski definition) is 5. The van der Waals surface area contributed by atoms with Gasteiger partial charge in [-0.15, -0.1) is 0 Å². The number of ether oxygens (including phenoxy) is 2. The molecule has 0 atom stereocenters. The van der Waals surface area contributed by atoms with Crippen LogP contribution in [0.2, 0.25) is 0 Å². The number of esters is 2. The summed E-state index contributed by atoms with van der Waals surface area (Å²) in [4.78, 5) is 22.9. The van der Waals surface area contributed by atoms with Crippen LogP contribution in [0, 0.1) is 0 Å². The zero-order valence-electron chi connectivity index (χ0n) is 9.32. The predicted molar refractivity (Wildman–Crippen MR) is 63.1 cm³/mol. The van der Waals surface area contributed by atoms with Crippen molar-refractivity contribution in [2.24, 2.45) is 0 Å². The highest BCUT2D eigenvalue weighted by Crippen LogP contribution is 2.30. The Labute approximate surface area is 106 Å². The van der Waals surface area contributed by atoms with Crippen molar-refractivity contribution < 1.29 is 24.2 Å². The van der Waals surface area contributed by atoms with Crippen molar-refractivity contribution in [1.29, 1.82) is 0 Å². The van der Waals surface area contributed by atoms with Crippen LogP contribution < -0.4 is 0 Å². The summed E-state index contributed by atoms with van der Waals surface area (Å²) in [5.74, 6) is -1.57. The molecule has 1 rings (SSSR count). The molecule has 0 saturated heterocycles. The van der Waals surface area contributed by atoms with E-state index in [1.165, 1.54) is 19.2 Å². The maximum Gasteiger partial charge on any atom is 0.341 e. The molecule has 0 amide bonds. The van der Waals surface area contributed by atoms with Gasteiger partial charge in [-0.1, -0.05) is 0 Å². The van der Waals surface area contributed by atoms with E-state index in [1.54, 1.807) is 6.92 Å². The number of carbonyl (C=O) groups excluding carboxylic acids is 2. The Balaban J connectivity index is 3.23. The Morgan fingerprint density at radius 2 is 2.00 bits per heavy atom. The van der Waals surface area contributed by atoms with E-state index in [4.69, 9.17) is 4.74 Å². The van der Waals surface area contributed by atoms with Crippen molar-refractivity contribution in [2.75, 3.05) is 13.7 Å². The van der Waals surface area contributed by atoms with Gasteiger partial charge in [0.2, 0.25) is 0 Å². The van der Waals surface area contributed by atoms with Crippen LogP contribution in [0.5, 0.6) is 5.75 Å². The van der Waals surface area contributed by atoms with Gasteiger partial charge in [-0.2, -0.15) is 0 Å². The van der Waals surface area contributed by atoms with Crippen LogP contribution in [0.4, 0.5) is 0 Å². The zero-order valence-corrected chi connectivity index (χ0v) is 10.9. The molecule has 1 aromatic carbocycles. The first kappa shape index (κ1) is 13.5. The lowest BCUT2D eigenvalue weighted by molar-refractivity contribution is 0.0526. The summed E-state index contributed by atoms with van der Waals surface area (Å²) in [7, 11) is 1.19. The van der Waals surface area contributed by atoms with Gasteiger partial charge in [0, 0.05) is 0 Å². The fourth-order valence-corrected chi connectivity index (χ4v) is 1.66. The SMILES string of the molecule is CCOC(=O)c1cc(Br)c(O)c(C(=O)OC)c1. The molecular formula is C11H11BrO5. The van der Waals surface area contributed by atoms with E-state index in [9.17, 15) is 14.7 Å². The van der Waals surface area contributed by atoms with E-state index in [0.29, 0.717) is 0 Å². The second-order valence-electron chi connectivity index (χ2n) is 3.07. The van der Waals surface area contributed by atoms with Gasteiger partial charge in [0.25, 0.3) is 0 Å². The maximum atomic E-state index is 11.5. The van der Waals surface area contributed by atoms with Crippen LogP contribution in [-0.4, -0.2) is 30.8 Å². The summed E-state index contributed by atoms with van der Waals surface area (Å²) in [5, 5.41) is 9.64. The summed E-state index contributed by atoms with van der Waals surface area (Å²) in [6.45, 7) is 1.90. The zero-order chi connectivity index (χ0) is 13.0. The van der Waals surface area contributed by atoms with Crippen molar-refractivity contribution in [3.63, 3.8) is 0 Å². The number of rotatable bonds is 3. The van der Waals surface area contributed by atoms with Gasteiger partial charge in [-0.25, -0.2) is 9.59 Å². The predicted octanol–water partition coefficient (Wildman–Crippen LogP) is 2.12. The Morgan fingerprint density at radius 3 is 2.53 bits per heavy atom. The Morgan fingerprint density at radius 1 is 1.35 bits per heavy atom. The minimum Gasteiger partial charge on any atom is -0.506 e. The van der Waals surface area contributed by atoms with Gasteiger partial charge < -0.3 is 14.6 Å². The third-order valence-corrected chi connectivity index (χ3v) is 2.58. The average molecular weight is 303 g/mol. The van der Waals surface area contributed by atoms with Gasteiger partial charge in [0.1, 0.15) is 11.3 Å². The second kappa shape index (κ2) is 5.67. The first-order valence-electron chi connectivity index (χ1n) is 4.79. The van der Waals surface area contributed by atoms with Gasteiger partial charge in [0.05, 0.1) is 23.8 Å². The molecule has 0 heterocycles. The summed E-state index contributed by atoms with van der Waals surface area (Å²) >= 11 is 3.05. The third kappa shape index (κ3) is 2.97. The van der Waals surface area contributed by atoms with Crippen LogP contribution in [0.15, 0.2) is 16.6 Å². The summed E-state index contributed by atoms with van der Waals surface area (Å²) in [6.07, 6.45) is 0. The maximum absolute atomic E-state index is 11.5. The number of carbonyl (C=O) groups is 2. The number of halogens is 1. The largest absolute Gasteiger partial charge is 0.506 e.